The van der Waals surface area contributed by atoms with Gasteiger partial charge >= 0.3 is 0 Å². The first-order chi connectivity index (χ1) is 12.7. The van der Waals surface area contributed by atoms with E-state index in [1.165, 1.54) is 56.2 Å². The van der Waals surface area contributed by atoms with Gasteiger partial charge in [-0.15, -0.1) is 0 Å². The van der Waals surface area contributed by atoms with E-state index in [4.69, 9.17) is 11.6 Å². The van der Waals surface area contributed by atoms with Gasteiger partial charge in [0.05, 0.1) is 0 Å². The van der Waals surface area contributed by atoms with Gasteiger partial charge in [-0.3, -0.25) is 4.90 Å². The molecule has 2 atom stereocenters. The summed E-state index contributed by atoms with van der Waals surface area (Å²) in [6, 6.07) is 17.7. The Hall–Kier alpha value is -1.51. The van der Waals surface area contributed by atoms with Crippen molar-refractivity contribution in [1.82, 2.24) is 4.90 Å². The van der Waals surface area contributed by atoms with Gasteiger partial charge in [0.25, 0.3) is 0 Å². The molecule has 0 saturated carbocycles. The molecule has 2 bridgehead atoms. The third-order valence-corrected chi connectivity index (χ3v) is 6.49. The average molecular weight is 370 g/mol. The smallest absolute Gasteiger partial charge is 0.115 e. The summed E-state index contributed by atoms with van der Waals surface area (Å²) in [5.41, 5.74) is 2.76. The first-order valence-corrected chi connectivity index (χ1v) is 10.3. The van der Waals surface area contributed by atoms with E-state index in [2.05, 4.69) is 17.0 Å². The van der Waals surface area contributed by atoms with Gasteiger partial charge in [0.15, 0.2) is 0 Å². The highest BCUT2D eigenvalue weighted by Crippen LogP contribution is 2.40. The SMILES string of the molecule is Oc1ccc(CCCN2C3CCC2CC(Cc2ccc(Cl)cc2)C3)cc1. The van der Waals surface area contributed by atoms with E-state index >= 15 is 0 Å². The minimum atomic E-state index is 0.356. The second-order valence-electron chi connectivity index (χ2n) is 8.06. The topological polar surface area (TPSA) is 23.5 Å². The lowest BCUT2D eigenvalue weighted by Gasteiger charge is -2.39. The fourth-order valence-electron chi connectivity index (χ4n) is 5.00. The number of hydrogen-bond acceptors (Lipinski definition) is 2. The van der Waals surface area contributed by atoms with Gasteiger partial charge in [-0.2, -0.15) is 0 Å². The number of piperidine rings is 1. The fourth-order valence-corrected chi connectivity index (χ4v) is 5.13. The molecule has 26 heavy (non-hydrogen) atoms. The maximum atomic E-state index is 9.39. The molecule has 2 aliphatic heterocycles. The number of halogens is 1. The Bertz CT molecular complexity index is 698. The molecule has 2 aromatic carbocycles. The molecule has 0 radical (unpaired) electrons. The summed E-state index contributed by atoms with van der Waals surface area (Å²) in [4.78, 5) is 2.79. The molecule has 2 heterocycles. The molecule has 0 aliphatic carbocycles. The van der Waals surface area contributed by atoms with E-state index in [0.717, 1.165) is 29.4 Å². The predicted molar refractivity (Wildman–Crippen MR) is 108 cm³/mol. The number of nitrogens with zero attached hydrogens (tertiary/aromatic N) is 1. The number of aromatic hydroxyl groups is 1. The van der Waals surface area contributed by atoms with Gasteiger partial charge in [0.2, 0.25) is 0 Å². The number of phenolic OH excluding ortho intramolecular Hbond substituents is 1. The Morgan fingerprint density at radius 2 is 1.50 bits per heavy atom. The molecule has 2 unspecified atom stereocenters. The molecule has 2 nitrogen and oxygen atoms in total. The average Bonchev–Trinajstić information content (AvgIpc) is 2.87. The third kappa shape index (κ3) is 4.24. The second-order valence-corrected chi connectivity index (χ2v) is 8.50. The summed E-state index contributed by atoms with van der Waals surface area (Å²) in [5.74, 6) is 1.18. The summed E-state index contributed by atoms with van der Waals surface area (Å²) < 4.78 is 0. The van der Waals surface area contributed by atoms with Crippen molar-refractivity contribution < 1.29 is 5.11 Å². The van der Waals surface area contributed by atoms with Crippen LogP contribution in [0.1, 0.15) is 43.2 Å². The Labute approximate surface area is 161 Å². The highest BCUT2D eigenvalue weighted by Gasteiger charge is 2.39. The highest BCUT2D eigenvalue weighted by atomic mass is 35.5. The standard InChI is InChI=1S/C23H28ClNO/c24-20-7-3-18(4-8-20)14-19-15-21-9-10-22(16-19)25(21)13-1-2-17-5-11-23(26)12-6-17/h3-8,11-12,19,21-22,26H,1-2,9-10,13-16H2. The lowest BCUT2D eigenvalue weighted by molar-refractivity contribution is 0.102. The van der Waals surface area contributed by atoms with Crippen LogP contribution in [-0.2, 0) is 12.8 Å². The van der Waals surface area contributed by atoms with E-state index in [1.807, 2.05) is 24.3 Å². The molecule has 0 amide bonds. The van der Waals surface area contributed by atoms with E-state index in [1.54, 1.807) is 12.1 Å². The summed E-state index contributed by atoms with van der Waals surface area (Å²) in [6.45, 7) is 1.21. The van der Waals surface area contributed by atoms with Crippen LogP contribution in [0.25, 0.3) is 0 Å². The van der Waals surface area contributed by atoms with Crippen molar-refractivity contribution in [3.05, 3.63) is 64.7 Å². The molecular weight excluding hydrogens is 342 g/mol. The maximum absolute atomic E-state index is 9.39. The summed E-state index contributed by atoms with van der Waals surface area (Å²) in [5, 5.41) is 10.2. The number of benzene rings is 2. The van der Waals surface area contributed by atoms with E-state index in [-0.39, 0.29) is 0 Å². The van der Waals surface area contributed by atoms with Crippen molar-refractivity contribution in [1.29, 1.82) is 0 Å². The van der Waals surface area contributed by atoms with Crippen LogP contribution in [0.15, 0.2) is 48.5 Å². The van der Waals surface area contributed by atoms with Crippen LogP contribution in [0.2, 0.25) is 5.02 Å². The fraction of sp³-hybridized carbons (Fsp3) is 0.478. The summed E-state index contributed by atoms with van der Waals surface area (Å²) in [6.07, 6.45) is 8.95. The van der Waals surface area contributed by atoms with Crippen molar-refractivity contribution in [2.75, 3.05) is 6.54 Å². The third-order valence-electron chi connectivity index (χ3n) is 6.24. The summed E-state index contributed by atoms with van der Waals surface area (Å²) in [7, 11) is 0. The summed E-state index contributed by atoms with van der Waals surface area (Å²) >= 11 is 6.01. The van der Waals surface area contributed by atoms with Gasteiger partial charge in [-0.1, -0.05) is 35.9 Å². The van der Waals surface area contributed by atoms with E-state index in [0.29, 0.717) is 5.75 Å². The molecule has 2 fully saturated rings. The molecule has 0 aromatic heterocycles. The molecule has 2 saturated heterocycles. The van der Waals surface area contributed by atoms with Gasteiger partial charge in [-0.05, 0) is 92.8 Å². The molecule has 0 spiro atoms. The first kappa shape index (κ1) is 17.9. The minimum absolute atomic E-state index is 0.356. The van der Waals surface area contributed by atoms with Crippen LogP contribution in [0.4, 0.5) is 0 Å². The molecule has 2 aliphatic rings. The van der Waals surface area contributed by atoms with Gasteiger partial charge in [0, 0.05) is 17.1 Å². The molecule has 138 valence electrons. The number of phenols is 1. The van der Waals surface area contributed by atoms with Crippen LogP contribution in [0.3, 0.4) is 0 Å². The van der Waals surface area contributed by atoms with Gasteiger partial charge < -0.3 is 5.11 Å². The van der Waals surface area contributed by atoms with Gasteiger partial charge in [-0.25, -0.2) is 0 Å². The van der Waals surface area contributed by atoms with Gasteiger partial charge in [0.1, 0.15) is 5.75 Å². The number of aryl methyl sites for hydroxylation is 1. The normalized spacial score (nSPS) is 25.5. The van der Waals surface area contributed by atoms with Crippen LogP contribution in [-0.4, -0.2) is 28.6 Å². The zero-order valence-corrected chi connectivity index (χ0v) is 16.0. The quantitative estimate of drug-likeness (QED) is 0.730. The first-order valence-electron chi connectivity index (χ1n) is 9.95. The van der Waals surface area contributed by atoms with Crippen LogP contribution < -0.4 is 0 Å². The molecule has 2 aromatic rings. The Morgan fingerprint density at radius 1 is 0.885 bits per heavy atom. The predicted octanol–water partition coefficient (Wildman–Crippen LogP) is 5.46. The van der Waals surface area contributed by atoms with Crippen molar-refractivity contribution in [2.24, 2.45) is 5.92 Å². The Morgan fingerprint density at radius 3 is 2.15 bits per heavy atom. The maximum Gasteiger partial charge on any atom is 0.115 e. The van der Waals surface area contributed by atoms with Crippen molar-refractivity contribution in [2.45, 2.75) is 57.0 Å². The molecular formula is C23H28ClNO. The molecule has 3 heteroatoms. The van der Waals surface area contributed by atoms with Crippen LogP contribution in [0.5, 0.6) is 5.75 Å². The highest BCUT2D eigenvalue weighted by molar-refractivity contribution is 6.30. The number of hydrogen-bond donors (Lipinski definition) is 1. The lowest BCUT2D eigenvalue weighted by Crippen LogP contribution is -2.43. The van der Waals surface area contributed by atoms with Crippen molar-refractivity contribution in [3.8, 4) is 5.75 Å². The van der Waals surface area contributed by atoms with Crippen LogP contribution in [0, 0.1) is 5.92 Å². The van der Waals surface area contributed by atoms with E-state index < -0.39 is 0 Å². The molecule has 4 rings (SSSR count). The minimum Gasteiger partial charge on any atom is -0.508 e. The van der Waals surface area contributed by atoms with E-state index in [9.17, 15) is 5.11 Å². The zero-order valence-electron chi connectivity index (χ0n) is 15.3. The Kier molecular flexibility index (Phi) is 5.52. The zero-order chi connectivity index (χ0) is 17.9. The van der Waals surface area contributed by atoms with Crippen LogP contribution >= 0.6 is 11.6 Å². The Balaban J connectivity index is 1.28. The monoisotopic (exact) mass is 369 g/mol. The van der Waals surface area contributed by atoms with Crippen molar-refractivity contribution >= 4 is 11.6 Å². The lowest BCUT2D eigenvalue weighted by atomic mass is 9.85. The number of rotatable bonds is 6. The number of fused-ring (bicyclic) bond motifs is 2. The largest absolute Gasteiger partial charge is 0.508 e. The second kappa shape index (κ2) is 8.02. The molecule has 1 N–H and O–H groups in total. The van der Waals surface area contributed by atoms with Crippen molar-refractivity contribution in [3.63, 3.8) is 0 Å².